The van der Waals surface area contributed by atoms with Crippen molar-refractivity contribution in [2.45, 2.75) is 54.2 Å². The van der Waals surface area contributed by atoms with Crippen LogP contribution < -0.4 is 29.6 Å². The molecular weight excluding hydrogens is 1200 g/mol. The fourth-order valence-corrected chi connectivity index (χ4v) is 9.29. The fourth-order valence-electron chi connectivity index (χ4n) is 5.72. The monoisotopic (exact) mass is 1270 g/mol. The van der Waals surface area contributed by atoms with Crippen molar-refractivity contribution < 1.29 is 123 Å². The van der Waals surface area contributed by atoms with Gasteiger partial charge in [0, 0.05) is 18.1 Å². The van der Waals surface area contributed by atoms with E-state index in [9.17, 15) is 33.7 Å². The maximum absolute atomic E-state index is 12.0. The number of aryl methyl sites for hydroxylation is 4. The second-order valence-corrected chi connectivity index (χ2v) is 23.0. The molecule has 84 heavy (non-hydrogen) atoms. The molecule has 0 heterocycles. The van der Waals surface area contributed by atoms with Gasteiger partial charge in [-0.2, -0.15) is 33.7 Å². The zero-order chi connectivity index (χ0) is 61.5. The van der Waals surface area contributed by atoms with E-state index in [0.29, 0.717) is 85.8 Å². The molecule has 32 heteroatoms. The Morgan fingerprint density at radius 2 is 0.500 bits per heavy atom. The van der Waals surface area contributed by atoms with Gasteiger partial charge >= 0.3 is 29.6 Å². The van der Waals surface area contributed by atoms with Crippen molar-refractivity contribution in [3.63, 3.8) is 0 Å². The normalized spacial score (nSPS) is 11.3. The summed E-state index contributed by atoms with van der Waals surface area (Å²) in [7, 11) is -15.0. The Hall–Kier alpha value is -4.22. The SMILES string of the molecule is CCOCCOCCOCCOS(=O)(=O)c1ccc(C)cc1.Cc1ccc(S(=O)(=O)OCCOCCOCCOCCN=[N+]=[N-])cc1.Cc1ccc(S(=O)(=O)OCCOCCOCCOCCOS(=O)(=O)c2ccc(C)cc2)cc1.[N-]=[N+]=[N-].[Na+]. The molecule has 0 unspecified atom stereocenters. The largest absolute Gasteiger partial charge is 1.00 e. The van der Waals surface area contributed by atoms with Crippen molar-refractivity contribution >= 4 is 40.5 Å². The molecule has 0 radical (unpaired) electrons. The minimum atomic E-state index is -3.79. The van der Waals surface area contributed by atoms with Crippen LogP contribution in [0.5, 0.6) is 0 Å². The van der Waals surface area contributed by atoms with Gasteiger partial charge in [-0.15, -0.1) is 0 Å². The van der Waals surface area contributed by atoms with Gasteiger partial charge in [-0.3, -0.25) is 21.6 Å². The third kappa shape index (κ3) is 40.2. The Kier molecular flexibility index (Phi) is 46.4. The minimum absolute atomic E-state index is 0. The van der Waals surface area contributed by atoms with E-state index in [4.69, 9.17) is 76.0 Å². The van der Waals surface area contributed by atoms with Crippen LogP contribution >= 0.6 is 0 Å². The molecule has 4 rings (SSSR count). The Morgan fingerprint density at radius 3 is 0.690 bits per heavy atom. The van der Waals surface area contributed by atoms with Gasteiger partial charge in [0.2, 0.25) is 0 Å². The Morgan fingerprint density at radius 1 is 0.321 bits per heavy atom. The molecular formula is C52H77N6NaO21S4. The molecule has 0 N–H and O–H groups in total. The molecule has 0 saturated heterocycles. The molecule has 4 aromatic carbocycles. The van der Waals surface area contributed by atoms with E-state index < -0.39 is 40.5 Å². The quantitative estimate of drug-likeness (QED) is 0.0150. The zero-order valence-corrected chi connectivity index (χ0v) is 53.7. The fraction of sp³-hybridized carbons (Fsp3) is 0.538. The van der Waals surface area contributed by atoms with Crippen molar-refractivity contribution in [1.29, 1.82) is 0 Å². The van der Waals surface area contributed by atoms with E-state index in [1.807, 2.05) is 34.6 Å². The molecule has 0 spiro atoms. The number of rotatable bonds is 42. The van der Waals surface area contributed by atoms with Crippen LogP contribution in [0, 0.1) is 27.7 Å². The Bertz CT molecular complexity index is 2780. The summed E-state index contributed by atoms with van der Waals surface area (Å²) in [6, 6.07) is 25.7. The zero-order valence-electron chi connectivity index (χ0n) is 48.4. The number of azide groups is 1. The second-order valence-electron chi connectivity index (χ2n) is 16.5. The first-order valence-corrected chi connectivity index (χ1v) is 31.4. The standard InChI is InChI=1S/C22H30O9S2.C15H23N3O6S.C15H24O6S.N3.Na/c1-19-3-7-21(8-4-19)32(23,24)30-17-15-28-13-11-27-12-14-29-16-18-31-33(25,26)22-9-5-20(2)6-10-22;1-14-2-4-15(5-3-14)25(19,20)24-13-12-23-11-10-22-9-8-21-7-6-17-18-16;1-3-18-8-9-19-10-11-20-12-13-21-22(16,17)15-6-4-14(2)5-7-15;1-3-2;/h3-10H,11-18H2,1-2H3;2-5H,6-13H2,1H3;4-7H,3,8-13H2,1-2H3;;/q;;;-1;+1. The molecule has 0 amide bonds. The van der Waals surface area contributed by atoms with Crippen molar-refractivity contribution in [1.82, 2.24) is 0 Å². The summed E-state index contributed by atoms with van der Waals surface area (Å²) in [6.45, 7) is 15.6. The molecule has 0 aliphatic rings. The van der Waals surface area contributed by atoms with Gasteiger partial charge in [-0.1, -0.05) is 75.9 Å². The summed E-state index contributed by atoms with van der Waals surface area (Å²) in [4.78, 5) is 4.59. The van der Waals surface area contributed by atoms with E-state index >= 15 is 0 Å². The van der Waals surface area contributed by atoms with Gasteiger partial charge < -0.3 is 53.7 Å². The van der Waals surface area contributed by atoms with Crippen molar-refractivity contribution in [3.8, 4) is 0 Å². The van der Waals surface area contributed by atoms with Crippen molar-refractivity contribution in [3.05, 3.63) is 146 Å². The van der Waals surface area contributed by atoms with Crippen LogP contribution in [0.3, 0.4) is 0 Å². The first-order valence-electron chi connectivity index (χ1n) is 25.8. The predicted molar refractivity (Wildman–Crippen MR) is 304 cm³/mol. The number of nitrogens with zero attached hydrogens (tertiary/aromatic N) is 6. The van der Waals surface area contributed by atoms with Crippen LogP contribution in [0.2, 0.25) is 0 Å². The molecule has 0 aliphatic heterocycles. The minimum Gasteiger partial charge on any atom is -0.379 e. The number of hydrogen-bond donors (Lipinski definition) is 0. The van der Waals surface area contributed by atoms with Crippen LogP contribution in [0.25, 0.3) is 26.4 Å². The van der Waals surface area contributed by atoms with Crippen molar-refractivity contribution in [2.24, 2.45) is 5.11 Å². The maximum Gasteiger partial charge on any atom is 1.00 e. The molecule has 4 aromatic rings. The second kappa shape index (κ2) is 48.8. The van der Waals surface area contributed by atoms with Gasteiger partial charge in [-0.25, -0.2) is 0 Å². The first-order chi connectivity index (χ1) is 39.7. The third-order valence-corrected chi connectivity index (χ3v) is 15.2. The third-order valence-electron chi connectivity index (χ3n) is 9.94. The van der Waals surface area contributed by atoms with E-state index in [1.54, 1.807) is 48.5 Å². The van der Waals surface area contributed by atoms with Crippen LogP contribution in [0.1, 0.15) is 29.2 Å². The molecule has 0 aliphatic carbocycles. The van der Waals surface area contributed by atoms with Gasteiger partial charge in [0.1, 0.15) is 0 Å². The molecule has 0 aromatic heterocycles. The molecule has 27 nitrogen and oxygen atoms in total. The van der Waals surface area contributed by atoms with Crippen LogP contribution in [0.4, 0.5) is 0 Å². The Labute approximate surface area is 516 Å². The average molecular weight is 1270 g/mol. The average Bonchev–Trinajstić information content (AvgIpc) is 3.64. The summed E-state index contributed by atoms with van der Waals surface area (Å²) in [5.41, 5.74) is 25.5. The van der Waals surface area contributed by atoms with E-state index in [1.165, 1.54) is 53.4 Å². The van der Waals surface area contributed by atoms with E-state index in [0.717, 1.165) is 22.3 Å². The predicted octanol–water partition coefficient (Wildman–Crippen LogP) is 4.16. The molecule has 0 bridgehead atoms. The first kappa shape index (κ1) is 79.8. The molecule has 0 atom stereocenters. The summed E-state index contributed by atoms with van der Waals surface area (Å²) < 4.78 is 162. The van der Waals surface area contributed by atoms with Crippen LogP contribution in [0.15, 0.2) is 122 Å². The maximum atomic E-state index is 12.0. The Balaban J connectivity index is 0.00000122. The van der Waals surface area contributed by atoms with Gasteiger partial charge in [-0.05, 0) is 88.7 Å². The summed E-state index contributed by atoms with van der Waals surface area (Å²) in [6.07, 6.45) is 0. The van der Waals surface area contributed by atoms with Crippen LogP contribution in [-0.2, 0) is 99.8 Å². The van der Waals surface area contributed by atoms with Crippen molar-refractivity contribution in [2.75, 3.05) is 152 Å². The smallest absolute Gasteiger partial charge is 0.379 e. The van der Waals surface area contributed by atoms with Gasteiger partial charge in [0.05, 0.1) is 158 Å². The summed E-state index contributed by atoms with van der Waals surface area (Å²) >= 11 is 0. The van der Waals surface area contributed by atoms with Gasteiger partial charge in [0.25, 0.3) is 40.5 Å². The summed E-state index contributed by atoms with van der Waals surface area (Å²) in [5, 5.41) is 3.33. The van der Waals surface area contributed by atoms with Gasteiger partial charge in [0.15, 0.2) is 0 Å². The topological polar surface area (TPSA) is 364 Å². The number of ether oxygens (including phenoxy) is 9. The van der Waals surface area contributed by atoms with E-state index in [2.05, 4.69) is 10.0 Å². The van der Waals surface area contributed by atoms with E-state index in [-0.39, 0.29) is 115 Å². The summed E-state index contributed by atoms with van der Waals surface area (Å²) in [5.74, 6) is 0. The number of hydrogen-bond acceptors (Lipinski definition) is 22. The molecule has 0 saturated carbocycles. The molecule has 0 fully saturated rings. The molecule has 466 valence electrons. The number of benzene rings is 4. The van der Waals surface area contributed by atoms with Crippen LogP contribution in [-0.4, -0.2) is 186 Å².